The normalized spacial score (nSPS) is 29.1. The maximum atomic E-state index is 11.0. The van der Waals surface area contributed by atoms with Gasteiger partial charge in [0.15, 0.2) is 0 Å². The molecule has 1 aliphatic rings. The molecule has 1 atom stereocenters. The molecule has 74 valence electrons. The van der Waals surface area contributed by atoms with Crippen molar-refractivity contribution in [3.05, 3.63) is 12.2 Å². The van der Waals surface area contributed by atoms with Gasteiger partial charge in [0.2, 0.25) is 0 Å². The second-order valence-electron chi connectivity index (χ2n) is 4.06. The molecular formula is C10H17NO2. The summed E-state index contributed by atoms with van der Waals surface area (Å²) in [5.41, 5.74) is 0.355. The van der Waals surface area contributed by atoms with E-state index in [4.69, 9.17) is 5.11 Å². The Labute approximate surface area is 79.0 Å². The molecule has 0 radical (unpaired) electrons. The van der Waals surface area contributed by atoms with Crippen LogP contribution in [0.1, 0.15) is 26.7 Å². The predicted molar refractivity (Wildman–Crippen MR) is 51.7 cm³/mol. The van der Waals surface area contributed by atoms with Crippen LogP contribution in [0.15, 0.2) is 12.2 Å². The molecule has 1 heterocycles. The van der Waals surface area contributed by atoms with Crippen molar-refractivity contribution < 1.29 is 9.90 Å². The van der Waals surface area contributed by atoms with E-state index in [0.717, 1.165) is 25.0 Å². The zero-order valence-corrected chi connectivity index (χ0v) is 8.34. The van der Waals surface area contributed by atoms with Gasteiger partial charge in [0, 0.05) is 6.54 Å². The van der Waals surface area contributed by atoms with Gasteiger partial charge in [0.05, 0.1) is 0 Å². The van der Waals surface area contributed by atoms with E-state index < -0.39 is 11.5 Å². The Kier molecular flexibility index (Phi) is 2.76. The summed E-state index contributed by atoms with van der Waals surface area (Å²) in [5, 5.41) is 9.08. The summed E-state index contributed by atoms with van der Waals surface area (Å²) < 4.78 is 0. The van der Waals surface area contributed by atoms with Gasteiger partial charge in [-0.15, -0.1) is 0 Å². The van der Waals surface area contributed by atoms with E-state index in [0.29, 0.717) is 6.54 Å². The lowest BCUT2D eigenvalue weighted by atomic mass is 9.99. The molecule has 0 aromatic rings. The summed E-state index contributed by atoms with van der Waals surface area (Å²) in [6.07, 6.45) is 1.71. The Bertz CT molecular complexity index is 237. The van der Waals surface area contributed by atoms with Gasteiger partial charge >= 0.3 is 5.97 Å². The van der Waals surface area contributed by atoms with Crippen LogP contribution < -0.4 is 0 Å². The third-order valence-electron chi connectivity index (χ3n) is 2.71. The molecule has 0 bridgehead atoms. The summed E-state index contributed by atoms with van der Waals surface area (Å²) in [7, 11) is 0. The first-order chi connectivity index (χ1) is 5.97. The highest BCUT2D eigenvalue weighted by Crippen LogP contribution is 2.29. The van der Waals surface area contributed by atoms with Gasteiger partial charge in [-0.2, -0.15) is 0 Å². The van der Waals surface area contributed by atoms with Gasteiger partial charge in [-0.1, -0.05) is 12.2 Å². The van der Waals surface area contributed by atoms with Crippen LogP contribution in [0.5, 0.6) is 0 Å². The van der Waals surface area contributed by atoms with E-state index in [1.807, 2.05) is 11.8 Å². The molecule has 1 aliphatic heterocycles. The number of hydrogen-bond acceptors (Lipinski definition) is 2. The molecule has 0 aliphatic carbocycles. The van der Waals surface area contributed by atoms with Crippen LogP contribution in [0.25, 0.3) is 0 Å². The lowest BCUT2D eigenvalue weighted by Crippen LogP contribution is -2.48. The quantitative estimate of drug-likeness (QED) is 0.674. The Morgan fingerprint density at radius 2 is 2.31 bits per heavy atom. The van der Waals surface area contributed by atoms with Crippen LogP contribution >= 0.6 is 0 Å². The average molecular weight is 183 g/mol. The lowest BCUT2D eigenvalue weighted by Gasteiger charge is -2.31. The molecule has 1 saturated heterocycles. The van der Waals surface area contributed by atoms with Crippen LogP contribution in [-0.2, 0) is 4.79 Å². The second-order valence-corrected chi connectivity index (χ2v) is 4.06. The van der Waals surface area contributed by atoms with Gasteiger partial charge in [0.25, 0.3) is 0 Å². The van der Waals surface area contributed by atoms with E-state index in [2.05, 4.69) is 6.58 Å². The first kappa shape index (κ1) is 10.3. The molecule has 1 fully saturated rings. The van der Waals surface area contributed by atoms with Crippen LogP contribution in [0.4, 0.5) is 0 Å². The number of likely N-dealkylation sites (tertiary alicyclic amines) is 1. The zero-order valence-electron chi connectivity index (χ0n) is 8.34. The number of rotatable bonds is 3. The topological polar surface area (TPSA) is 40.5 Å². The smallest absolute Gasteiger partial charge is 0.323 e. The number of aliphatic carboxylic acids is 1. The van der Waals surface area contributed by atoms with Crippen molar-refractivity contribution >= 4 is 5.97 Å². The van der Waals surface area contributed by atoms with E-state index in [9.17, 15) is 4.79 Å². The zero-order chi connectivity index (χ0) is 10.1. The van der Waals surface area contributed by atoms with Crippen LogP contribution in [-0.4, -0.2) is 34.6 Å². The highest BCUT2D eigenvalue weighted by atomic mass is 16.4. The van der Waals surface area contributed by atoms with Crippen LogP contribution in [0.2, 0.25) is 0 Å². The summed E-state index contributed by atoms with van der Waals surface area (Å²) in [6.45, 7) is 9.10. The molecule has 13 heavy (non-hydrogen) atoms. The fourth-order valence-corrected chi connectivity index (χ4v) is 1.84. The second kappa shape index (κ2) is 3.50. The van der Waals surface area contributed by atoms with Crippen molar-refractivity contribution in [2.45, 2.75) is 32.2 Å². The summed E-state index contributed by atoms with van der Waals surface area (Å²) >= 11 is 0. The third kappa shape index (κ3) is 1.91. The molecule has 0 saturated carbocycles. The molecule has 0 aromatic carbocycles. The molecule has 3 heteroatoms. The lowest BCUT2D eigenvalue weighted by molar-refractivity contribution is -0.148. The van der Waals surface area contributed by atoms with Crippen molar-refractivity contribution in [3.8, 4) is 0 Å². The van der Waals surface area contributed by atoms with Crippen molar-refractivity contribution in [2.75, 3.05) is 13.1 Å². The summed E-state index contributed by atoms with van der Waals surface area (Å²) in [4.78, 5) is 13.0. The first-order valence-electron chi connectivity index (χ1n) is 4.59. The fraction of sp³-hybridized carbons (Fsp3) is 0.700. The van der Waals surface area contributed by atoms with Gasteiger partial charge in [-0.3, -0.25) is 9.69 Å². The van der Waals surface area contributed by atoms with Crippen molar-refractivity contribution in [1.82, 2.24) is 4.90 Å². The van der Waals surface area contributed by atoms with Crippen molar-refractivity contribution in [3.63, 3.8) is 0 Å². The number of nitrogens with zero attached hydrogens (tertiary/aromatic N) is 1. The Hall–Kier alpha value is -0.830. The molecule has 1 N–H and O–H groups in total. The van der Waals surface area contributed by atoms with Gasteiger partial charge in [0.1, 0.15) is 5.54 Å². The summed E-state index contributed by atoms with van der Waals surface area (Å²) in [6, 6.07) is 0. The summed E-state index contributed by atoms with van der Waals surface area (Å²) in [5.74, 6) is -0.716. The Balaban J connectivity index is 2.73. The number of carboxylic acids is 1. The van der Waals surface area contributed by atoms with Gasteiger partial charge in [-0.05, 0) is 33.2 Å². The predicted octanol–water partition coefficient (Wildman–Crippen LogP) is 1.50. The minimum absolute atomic E-state index is 0.668. The number of carboxylic acid groups (broad SMARTS) is 1. The standard InChI is InChI=1S/C10H17NO2/c1-8(2)7-11-6-4-5-10(11,3)9(12)13/h1,4-7H2,2-3H3,(H,12,13). The average Bonchev–Trinajstić information content (AvgIpc) is 2.33. The minimum Gasteiger partial charge on any atom is -0.480 e. The maximum absolute atomic E-state index is 11.0. The monoisotopic (exact) mass is 183 g/mol. The van der Waals surface area contributed by atoms with Crippen molar-refractivity contribution in [1.29, 1.82) is 0 Å². The Morgan fingerprint density at radius 3 is 2.77 bits per heavy atom. The highest BCUT2D eigenvalue weighted by Gasteiger charge is 2.42. The van der Waals surface area contributed by atoms with Crippen molar-refractivity contribution in [2.24, 2.45) is 0 Å². The first-order valence-corrected chi connectivity index (χ1v) is 4.59. The van der Waals surface area contributed by atoms with E-state index >= 15 is 0 Å². The van der Waals surface area contributed by atoms with Gasteiger partial charge in [-0.25, -0.2) is 0 Å². The fourth-order valence-electron chi connectivity index (χ4n) is 1.84. The van der Waals surface area contributed by atoms with E-state index in [1.54, 1.807) is 6.92 Å². The number of carbonyl (C=O) groups is 1. The molecule has 0 amide bonds. The molecular weight excluding hydrogens is 166 g/mol. The maximum Gasteiger partial charge on any atom is 0.323 e. The molecule has 1 unspecified atom stereocenters. The van der Waals surface area contributed by atoms with E-state index in [-0.39, 0.29) is 0 Å². The largest absolute Gasteiger partial charge is 0.480 e. The SMILES string of the molecule is C=C(C)CN1CCCC1(C)C(=O)O. The Morgan fingerprint density at radius 1 is 1.69 bits per heavy atom. The van der Waals surface area contributed by atoms with Crippen LogP contribution in [0.3, 0.4) is 0 Å². The van der Waals surface area contributed by atoms with Crippen LogP contribution in [0, 0.1) is 0 Å². The van der Waals surface area contributed by atoms with E-state index in [1.165, 1.54) is 0 Å². The molecule has 0 aromatic heterocycles. The van der Waals surface area contributed by atoms with Gasteiger partial charge < -0.3 is 5.11 Å². The number of hydrogen-bond donors (Lipinski definition) is 1. The molecule has 0 spiro atoms. The highest BCUT2D eigenvalue weighted by molar-refractivity contribution is 5.78. The molecule has 1 rings (SSSR count). The third-order valence-corrected chi connectivity index (χ3v) is 2.71. The minimum atomic E-state index is -0.716. The molecule has 3 nitrogen and oxygen atoms in total.